The zero-order valence-corrected chi connectivity index (χ0v) is 18.7. The molecule has 4 rings (SSSR count). The minimum Gasteiger partial charge on any atom is -0.483 e. The predicted molar refractivity (Wildman–Crippen MR) is 121 cm³/mol. The second kappa shape index (κ2) is 9.68. The average Bonchev–Trinajstić information content (AvgIpc) is 2.85. The van der Waals surface area contributed by atoms with Gasteiger partial charge < -0.3 is 24.7 Å². The number of nitrogens with zero attached hydrogens (tertiary/aromatic N) is 2. The van der Waals surface area contributed by atoms with Crippen molar-refractivity contribution in [3.8, 4) is 11.8 Å². The summed E-state index contributed by atoms with van der Waals surface area (Å²) in [6, 6.07) is 17.8. The Kier molecular flexibility index (Phi) is 6.52. The van der Waals surface area contributed by atoms with Gasteiger partial charge in [0, 0.05) is 0 Å². The van der Waals surface area contributed by atoms with Crippen molar-refractivity contribution in [3.05, 3.63) is 82.8 Å². The summed E-state index contributed by atoms with van der Waals surface area (Å²) in [4.78, 5) is 27.6. The van der Waals surface area contributed by atoms with Crippen LogP contribution in [0.5, 0.6) is 5.75 Å². The van der Waals surface area contributed by atoms with Crippen LogP contribution in [-0.2, 0) is 23.8 Å². The molecule has 2 N–H and O–H groups in total. The molecule has 1 unspecified atom stereocenters. The quantitative estimate of drug-likeness (QED) is 0.646. The monoisotopic (exact) mass is 461 g/mol. The maximum Gasteiger partial charge on any atom is 0.355 e. The van der Waals surface area contributed by atoms with Crippen LogP contribution in [0.4, 0.5) is 5.69 Å². The molecule has 0 amide bonds. The van der Waals surface area contributed by atoms with E-state index in [1.54, 1.807) is 54.6 Å². The number of para-hydroxylation sites is 2. The Hall–Kier alpha value is -4.29. The summed E-state index contributed by atoms with van der Waals surface area (Å²) in [5.41, 5.74) is 7.37. The molecule has 2 aliphatic rings. The third kappa shape index (κ3) is 3.95. The van der Waals surface area contributed by atoms with Crippen LogP contribution in [0.1, 0.15) is 11.5 Å². The molecular formula is C25H23N3O6. The molecule has 9 nitrogen and oxygen atoms in total. The molecule has 0 bridgehead atoms. The Morgan fingerprint density at radius 3 is 2.26 bits per heavy atom. The highest BCUT2D eigenvalue weighted by molar-refractivity contribution is 6.06. The fourth-order valence-electron chi connectivity index (χ4n) is 3.97. The van der Waals surface area contributed by atoms with E-state index in [0.717, 1.165) is 0 Å². The molecule has 2 aromatic carbocycles. The first kappa shape index (κ1) is 22.9. The van der Waals surface area contributed by atoms with Gasteiger partial charge in [-0.3, -0.25) is 4.90 Å². The SMILES string of the molecule is COC(=O)C1=C(C(=O)OC)N(c2ccccc2OC2COC2)C(N)=C(C#N)C1c1ccccc1. The van der Waals surface area contributed by atoms with E-state index in [1.807, 2.05) is 0 Å². The smallest absolute Gasteiger partial charge is 0.355 e. The van der Waals surface area contributed by atoms with Crippen molar-refractivity contribution in [1.82, 2.24) is 0 Å². The number of carbonyl (C=O) groups excluding carboxylic acids is 2. The number of esters is 2. The number of hydrogen-bond acceptors (Lipinski definition) is 9. The highest BCUT2D eigenvalue weighted by Crippen LogP contribution is 2.45. The van der Waals surface area contributed by atoms with E-state index in [2.05, 4.69) is 6.07 Å². The third-order valence-corrected chi connectivity index (χ3v) is 5.62. The topological polar surface area (TPSA) is 124 Å². The van der Waals surface area contributed by atoms with Crippen LogP contribution in [0.25, 0.3) is 0 Å². The van der Waals surface area contributed by atoms with Crippen molar-refractivity contribution >= 4 is 17.6 Å². The van der Waals surface area contributed by atoms with E-state index in [1.165, 1.54) is 19.1 Å². The molecule has 9 heteroatoms. The maximum atomic E-state index is 13.1. The summed E-state index contributed by atoms with van der Waals surface area (Å²) in [6.45, 7) is 0.846. The first-order valence-corrected chi connectivity index (χ1v) is 10.5. The number of anilines is 1. The number of methoxy groups -OCH3 is 2. The lowest BCUT2D eigenvalue weighted by molar-refractivity contribution is -0.139. The highest BCUT2D eigenvalue weighted by atomic mass is 16.6. The second-order valence-electron chi connectivity index (χ2n) is 7.58. The van der Waals surface area contributed by atoms with Crippen molar-refractivity contribution in [2.45, 2.75) is 12.0 Å². The van der Waals surface area contributed by atoms with Crippen molar-refractivity contribution in [2.24, 2.45) is 5.73 Å². The number of hydrogen-bond donors (Lipinski definition) is 1. The van der Waals surface area contributed by atoms with Crippen LogP contribution in [0.15, 0.2) is 77.3 Å². The summed E-state index contributed by atoms with van der Waals surface area (Å²) in [5.74, 6) is -2.16. The lowest BCUT2D eigenvalue weighted by atomic mass is 9.81. The fraction of sp³-hybridized carbons (Fsp3) is 0.240. The zero-order chi connectivity index (χ0) is 24.2. The minimum atomic E-state index is -0.933. The van der Waals surface area contributed by atoms with E-state index < -0.39 is 17.9 Å². The predicted octanol–water partition coefficient (Wildman–Crippen LogP) is 2.36. The van der Waals surface area contributed by atoms with Crippen LogP contribution < -0.4 is 15.4 Å². The molecule has 2 aliphatic heterocycles. The molecule has 2 heterocycles. The second-order valence-corrected chi connectivity index (χ2v) is 7.58. The highest BCUT2D eigenvalue weighted by Gasteiger charge is 2.43. The van der Waals surface area contributed by atoms with E-state index in [9.17, 15) is 14.9 Å². The van der Waals surface area contributed by atoms with Gasteiger partial charge in [0.1, 0.15) is 23.4 Å². The number of carbonyl (C=O) groups is 2. The molecule has 0 saturated carbocycles. The molecule has 174 valence electrons. The van der Waals surface area contributed by atoms with E-state index in [-0.39, 0.29) is 28.8 Å². The lowest BCUT2D eigenvalue weighted by Crippen LogP contribution is -2.42. The third-order valence-electron chi connectivity index (χ3n) is 5.62. The molecule has 0 aromatic heterocycles. The Bertz CT molecular complexity index is 1210. The Morgan fingerprint density at radius 2 is 1.68 bits per heavy atom. The van der Waals surface area contributed by atoms with Crippen LogP contribution in [0, 0.1) is 11.3 Å². The molecule has 1 saturated heterocycles. The van der Waals surface area contributed by atoms with E-state index in [4.69, 9.17) is 24.7 Å². The van der Waals surface area contributed by atoms with Crippen LogP contribution >= 0.6 is 0 Å². The van der Waals surface area contributed by atoms with E-state index in [0.29, 0.717) is 30.2 Å². The van der Waals surface area contributed by atoms with Gasteiger partial charge in [0.2, 0.25) is 0 Å². The van der Waals surface area contributed by atoms with Gasteiger partial charge in [0.25, 0.3) is 0 Å². The first-order valence-electron chi connectivity index (χ1n) is 10.5. The number of allylic oxidation sites excluding steroid dienone is 1. The van der Waals surface area contributed by atoms with Gasteiger partial charge in [0.05, 0.1) is 56.3 Å². The summed E-state index contributed by atoms with van der Waals surface area (Å²) in [7, 11) is 2.41. The number of ether oxygens (including phenoxy) is 4. The van der Waals surface area contributed by atoms with Crippen molar-refractivity contribution in [3.63, 3.8) is 0 Å². The van der Waals surface area contributed by atoms with Gasteiger partial charge in [-0.05, 0) is 17.7 Å². The van der Waals surface area contributed by atoms with Crippen molar-refractivity contribution < 1.29 is 28.5 Å². The van der Waals surface area contributed by atoms with Gasteiger partial charge in [-0.2, -0.15) is 5.26 Å². The Morgan fingerprint density at radius 1 is 1.03 bits per heavy atom. The van der Waals surface area contributed by atoms with Gasteiger partial charge in [0.15, 0.2) is 0 Å². The molecule has 0 spiro atoms. The van der Waals surface area contributed by atoms with Gasteiger partial charge in [-0.25, -0.2) is 9.59 Å². The molecule has 1 atom stereocenters. The van der Waals surface area contributed by atoms with Crippen LogP contribution in [-0.4, -0.2) is 45.5 Å². The van der Waals surface area contributed by atoms with Gasteiger partial charge in [-0.1, -0.05) is 42.5 Å². The summed E-state index contributed by atoms with van der Waals surface area (Å²) >= 11 is 0. The van der Waals surface area contributed by atoms with Gasteiger partial charge >= 0.3 is 11.9 Å². The van der Waals surface area contributed by atoms with E-state index >= 15 is 0 Å². The van der Waals surface area contributed by atoms with Crippen molar-refractivity contribution in [1.29, 1.82) is 5.26 Å². The number of nitriles is 1. The Balaban J connectivity index is 2.00. The number of nitrogens with two attached hydrogens (primary N) is 1. The molecule has 0 radical (unpaired) electrons. The molecule has 1 fully saturated rings. The van der Waals surface area contributed by atoms with Crippen LogP contribution in [0.3, 0.4) is 0 Å². The summed E-state index contributed by atoms with van der Waals surface area (Å²) < 4.78 is 21.3. The molecule has 0 aliphatic carbocycles. The number of benzene rings is 2. The van der Waals surface area contributed by atoms with Gasteiger partial charge in [-0.15, -0.1) is 0 Å². The number of rotatable bonds is 6. The Labute approximate surface area is 196 Å². The lowest BCUT2D eigenvalue weighted by Gasteiger charge is -2.37. The zero-order valence-electron chi connectivity index (χ0n) is 18.7. The standard InChI is InChI=1S/C25H23N3O6/c1-31-24(29)21-20(15-8-4-3-5-9-15)17(12-26)23(27)28(22(21)25(30)32-2)18-10-6-7-11-19(18)34-16-13-33-14-16/h3-11,16,20H,13-14,27H2,1-2H3. The van der Waals surface area contributed by atoms with Crippen molar-refractivity contribution in [2.75, 3.05) is 32.3 Å². The maximum absolute atomic E-state index is 13.1. The first-order chi connectivity index (χ1) is 16.5. The molecule has 2 aromatic rings. The summed E-state index contributed by atoms with van der Waals surface area (Å²) in [6.07, 6.45) is -0.172. The molecule has 34 heavy (non-hydrogen) atoms. The van der Waals surface area contributed by atoms with Crippen LogP contribution in [0.2, 0.25) is 0 Å². The largest absolute Gasteiger partial charge is 0.483 e. The molecular weight excluding hydrogens is 438 g/mol. The fourth-order valence-corrected chi connectivity index (χ4v) is 3.97. The minimum absolute atomic E-state index is 0.0229. The normalized spacial score (nSPS) is 18.1. The average molecular weight is 461 g/mol. The summed E-state index contributed by atoms with van der Waals surface area (Å²) in [5, 5.41) is 10.1.